The first-order chi connectivity index (χ1) is 8.09. The van der Waals surface area contributed by atoms with E-state index >= 15 is 0 Å². The number of anilines is 1. The molecule has 17 heavy (non-hydrogen) atoms. The second kappa shape index (κ2) is 4.71. The molecule has 1 aromatic carbocycles. The molecule has 0 bridgehead atoms. The van der Waals surface area contributed by atoms with Gasteiger partial charge in [0.1, 0.15) is 5.69 Å². The molecule has 1 fully saturated rings. The number of nitrogens with zero attached hydrogens (tertiary/aromatic N) is 2. The predicted molar refractivity (Wildman–Crippen MR) is 67.7 cm³/mol. The monoisotopic (exact) mass is 235 g/mol. The number of rotatable bonds is 2. The van der Waals surface area contributed by atoms with E-state index in [1.165, 1.54) is 0 Å². The van der Waals surface area contributed by atoms with Gasteiger partial charge in [-0.25, -0.2) is 0 Å². The smallest absolute Gasteiger partial charge is 0.293 e. The van der Waals surface area contributed by atoms with Crippen molar-refractivity contribution < 1.29 is 4.92 Å². The summed E-state index contributed by atoms with van der Waals surface area (Å²) in [6.45, 7) is 7.24. The molecule has 0 aromatic heterocycles. The van der Waals surface area contributed by atoms with Gasteiger partial charge in [0, 0.05) is 32.2 Å². The van der Waals surface area contributed by atoms with Crippen molar-refractivity contribution in [3.05, 3.63) is 33.4 Å². The zero-order chi connectivity index (χ0) is 12.4. The zero-order valence-electron chi connectivity index (χ0n) is 10.2. The molecule has 2 rings (SSSR count). The van der Waals surface area contributed by atoms with Crippen LogP contribution in [0.2, 0.25) is 0 Å². The molecule has 1 saturated heterocycles. The van der Waals surface area contributed by atoms with Crippen LogP contribution < -0.4 is 10.2 Å². The average molecular weight is 235 g/mol. The van der Waals surface area contributed by atoms with E-state index in [2.05, 4.69) is 10.2 Å². The van der Waals surface area contributed by atoms with Crippen LogP contribution in [0.5, 0.6) is 0 Å². The van der Waals surface area contributed by atoms with Crippen molar-refractivity contribution in [3.63, 3.8) is 0 Å². The van der Waals surface area contributed by atoms with Crippen LogP contribution in [0.1, 0.15) is 11.1 Å². The van der Waals surface area contributed by atoms with Crippen LogP contribution in [0.15, 0.2) is 12.1 Å². The number of nitro benzene ring substituents is 1. The summed E-state index contributed by atoms with van der Waals surface area (Å²) >= 11 is 0. The van der Waals surface area contributed by atoms with E-state index in [4.69, 9.17) is 0 Å². The Bertz CT molecular complexity index is 440. The van der Waals surface area contributed by atoms with Crippen molar-refractivity contribution in [3.8, 4) is 0 Å². The molecule has 0 spiro atoms. The lowest BCUT2D eigenvalue weighted by Gasteiger charge is -2.30. The van der Waals surface area contributed by atoms with E-state index in [1.807, 2.05) is 19.9 Å². The molecule has 5 nitrogen and oxygen atoms in total. The zero-order valence-corrected chi connectivity index (χ0v) is 10.2. The van der Waals surface area contributed by atoms with Gasteiger partial charge in [0.2, 0.25) is 0 Å². The van der Waals surface area contributed by atoms with E-state index in [1.54, 1.807) is 6.07 Å². The molecule has 1 heterocycles. The first kappa shape index (κ1) is 11.9. The number of nitrogens with one attached hydrogen (secondary N) is 1. The van der Waals surface area contributed by atoms with Crippen molar-refractivity contribution in [2.45, 2.75) is 13.8 Å². The van der Waals surface area contributed by atoms with Crippen molar-refractivity contribution >= 4 is 11.4 Å². The summed E-state index contributed by atoms with van der Waals surface area (Å²) in [5.41, 5.74) is 2.93. The van der Waals surface area contributed by atoms with E-state index in [9.17, 15) is 10.1 Å². The van der Waals surface area contributed by atoms with Gasteiger partial charge in [-0.05, 0) is 25.0 Å². The summed E-state index contributed by atoms with van der Waals surface area (Å²) in [5, 5.41) is 14.4. The van der Waals surface area contributed by atoms with E-state index in [0.29, 0.717) is 0 Å². The number of piperazine rings is 1. The Labute approximate surface area is 101 Å². The highest BCUT2D eigenvalue weighted by Crippen LogP contribution is 2.33. The second-order valence-electron chi connectivity index (χ2n) is 4.44. The fraction of sp³-hybridized carbons (Fsp3) is 0.500. The van der Waals surface area contributed by atoms with Gasteiger partial charge in [-0.15, -0.1) is 0 Å². The van der Waals surface area contributed by atoms with Gasteiger partial charge in [-0.3, -0.25) is 10.1 Å². The number of benzene rings is 1. The molecule has 0 unspecified atom stereocenters. The lowest BCUT2D eigenvalue weighted by atomic mass is 10.1. The summed E-state index contributed by atoms with van der Waals surface area (Å²) in [5.74, 6) is 0. The van der Waals surface area contributed by atoms with Crippen LogP contribution >= 0.6 is 0 Å². The Morgan fingerprint density at radius 2 is 1.94 bits per heavy atom. The third-order valence-corrected chi connectivity index (χ3v) is 3.05. The molecule has 0 saturated carbocycles. The van der Waals surface area contributed by atoms with E-state index in [-0.39, 0.29) is 10.6 Å². The van der Waals surface area contributed by atoms with Gasteiger partial charge in [-0.1, -0.05) is 6.07 Å². The third-order valence-electron chi connectivity index (χ3n) is 3.05. The number of hydrogen-bond donors (Lipinski definition) is 1. The summed E-state index contributed by atoms with van der Waals surface area (Å²) in [6, 6.07) is 3.66. The van der Waals surface area contributed by atoms with Crippen LogP contribution in [0, 0.1) is 24.0 Å². The molecular formula is C12H17N3O2. The Morgan fingerprint density at radius 3 is 2.53 bits per heavy atom. The fourth-order valence-corrected chi connectivity index (χ4v) is 2.38. The number of nitro groups is 1. The molecule has 1 aromatic rings. The Balaban J connectivity index is 2.46. The maximum Gasteiger partial charge on any atom is 0.293 e. The highest BCUT2D eigenvalue weighted by molar-refractivity contribution is 5.69. The topological polar surface area (TPSA) is 58.4 Å². The van der Waals surface area contributed by atoms with Crippen molar-refractivity contribution in [2.24, 2.45) is 0 Å². The lowest BCUT2D eigenvalue weighted by molar-refractivity contribution is -0.384. The maximum atomic E-state index is 11.1. The van der Waals surface area contributed by atoms with Gasteiger partial charge in [0.05, 0.1) is 4.92 Å². The average Bonchev–Trinajstić information content (AvgIpc) is 2.29. The van der Waals surface area contributed by atoms with Gasteiger partial charge < -0.3 is 10.2 Å². The third kappa shape index (κ3) is 2.39. The van der Waals surface area contributed by atoms with Crippen LogP contribution in [0.3, 0.4) is 0 Å². The summed E-state index contributed by atoms with van der Waals surface area (Å²) < 4.78 is 0. The largest absolute Gasteiger partial charge is 0.363 e. The lowest BCUT2D eigenvalue weighted by Crippen LogP contribution is -2.44. The van der Waals surface area contributed by atoms with Crippen LogP contribution in [-0.2, 0) is 0 Å². The first-order valence-corrected chi connectivity index (χ1v) is 5.81. The molecule has 0 atom stereocenters. The minimum atomic E-state index is -0.280. The van der Waals surface area contributed by atoms with E-state index < -0.39 is 0 Å². The number of aryl methyl sites for hydroxylation is 2. The molecule has 92 valence electrons. The first-order valence-electron chi connectivity index (χ1n) is 5.81. The van der Waals surface area contributed by atoms with Gasteiger partial charge in [-0.2, -0.15) is 0 Å². The normalized spacial score (nSPS) is 16.0. The van der Waals surface area contributed by atoms with Gasteiger partial charge >= 0.3 is 0 Å². The molecule has 1 N–H and O–H groups in total. The van der Waals surface area contributed by atoms with E-state index in [0.717, 1.165) is 43.0 Å². The van der Waals surface area contributed by atoms with Crippen molar-refractivity contribution in [1.82, 2.24) is 5.32 Å². The minimum Gasteiger partial charge on any atom is -0.363 e. The summed E-state index contributed by atoms with van der Waals surface area (Å²) in [4.78, 5) is 13.0. The predicted octanol–water partition coefficient (Wildman–Crippen LogP) is 1.62. The standard InChI is InChI=1S/C12H17N3O2/c1-9-7-10(2)12(11(8-9)15(16)17)14-5-3-13-4-6-14/h7-8,13H,3-6H2,1-2H3. The van der Waals surface area contributed by atoms with Crippen molar-refractivity contribution in [2.75, 3.05) is 31.1 Å². The molecular weight excluding hydrogens is 218 g/mol. The Morgan fingerprint density at radius 1 is 1.29 bits per heavy atom. The maximum absolute atomic E-state index is 11.1. The molecule has 5 heteroatoms. The fourth-order valence-electron chi connectivity index (χ4n) is 2.38. The van der Waals surface area contributed by atoms with Crippen LogP contribution in [-0.4, -0.2) is 31.1 Å². The van der Waals surface area contributed by atoms with Gasteiger partial charge in [0.25, 0.3) is 5.69 Å². The molecule has 0 aliphatic carbocycles. The second-order valence-corrected chi connectivity index (χ2v) is 4.44. The molecule has 0 radical (unpaired) electrons. The highest BCUT2D eigenvalue weighted by Gasteiger charge is 2.23. The molecule has 1 aliphatic rings. The van der Waals surface area contributed by atoms with Crippen LogP contribution in [0.4, 0.5) is 11.4 Å². The Hall–Kier alpha value is -1.62. The highest BCUT2D eigenvalue weighted by atomic mass is 16.6. The Kier molecular flexibility index (Phi) is 3.28. The summed E-state index contributed by atoms with van der Waals surface area (Å²) in [6.07, 6.45) is 0. The molecule has 0 amide bonds. The number of hydrogen-bond acceptors (Lipinski definition) is 4. The SMILES string of the molecule is Cc1cc(C)c(N2CCNCC2)c([N+](=O)[O-])c1. The quantitative estimate of drug-likeness (QED) is 0.625. The van der Waals surface area contributed by atoms with Gasteiger partial charge in [0.15, 0.2) is 0 Å². The van der Waals surface area contributed by atoms with Crippen LogP contribution in [0.25, 0.3) is 0 Å². The summed E-state index contributed by atoms with van der Waals surface area (Å²) in [7, 11) is 0. The minimum absolute atomic E-state index is 0.226. The molecule has 1 aliphatic heterocycles. The van der Waals surface area contributed by atoms with Crippen molar-refractivity contribution in [1.29, 1.82) is 0 Å².